The van der Waals surface area contributed by atoms with Gasteiger partial charge in [-0.2, -0.15) is 11.3 Å². The van der Waals surface area contributed by atoms with Crippen LogP contribution < -0.4 is 0 Å². The van der Waals surface area contributed by atoms with Gasteiger partial charge in [0, 0.05) is 12.4 Å². The zero-order valence-corrected chi connectivity index (χ0v) is 9.15. The summed E-state index contributed by atoms with van der Waals surface area (Å²) < 4.78 is 0. The first kappa shape index (κ1) is 10.3. The number of thiophene rings is 1. The minimum Gasteiger partial charge on any atom is -0.388 e. The van der Waals surface area contributed by atoms with E-state index >= 15 is 0 Å². The van der Waals surface area contributed by atoms with E-state index in [0.29, 0.717) is 0 Å². The Bertz CT molecular complexity index is 385. The number of hydrogen-bond donors (Lipinski definition) is 1. The maximum atomic E-state index is 9.89. The van der Waals surface area contributed by atoms with Crippen LogP contribution in [0.4, 0.5) is 0 Å². The Morgan fingerprint density at radius 3 is 2.73 bits per heavy atom. The van der Waals surface area contributed by atoms with E-state index < -0.39 is 0 Å². The molecule has 2 aromatic rings. The van der Waals surface area contributed by atoms with Crippen molar-refractivity contribution in [3.05, 3.63) is 52.5 Å². The largest absolute Gasteiger partial charge is 0.388 e. The molecule has 1 N–H and O–H groups in total. The van der Waals surface area contributed by atoms with Crippen molar-refractivity contribution in [3.63, 3.8) is 0 Å². The monoisotopic (exact) mass is 219 g/mol. The van der Waals surface area contributed by atoms with Gasteiger partial charge in [0.05, 0.1) is 6.10 Å². The zero-order valence-electron chi connectivity index (χ0n) is 8.34. The minimum absolute atomic E-state index is 0.382. The summed E-state index contributed by atoms with van der Waals surface area (Å²) >= 11 is 1.70. The summed E-state index contributed by atoms with van der Waals surface area (Å²) in [7, 11) is 0. The van der Waals surface area contributed by atoms with Crippen molar-refractivity contribution in [1.82, 2.24) is 4.98 Å². The molecular formula is C12H13NOS. The van der Waals surface area contributed by atoms with Gasteiger partial charge in [0.25, 0.3) is 0 Å². The topological polar surface area (TPSA) is 33.1 Å². The first-order valence-corrected chi connectivity index (χ1v) is 5.89. The Morgan fingerprint density at radius 1 is 1.27 bits per heavy atom. The molecule has 0 fully saturated rings. The van der Waals surface area contributed by atoms with Crippen molar-refractivity contribution >= 4 is 11.3 Å². The molecular weight excluding hydrogens is 206 g/mol. The molecule has 2 heterocycles. The lowest BCUT2D eigenvalue weighted by Crippen LogP contribution is -1.99. The van der Waals surface area contributed by atoms with Crippen LogP contribution in [0.25, 0.3) is 0 Å². The molecule has 0 bridgehead atoms. The SMILES string of the molecule is OC(CCc1ccsc1)c1ccncc1. The fourth-order valence-corrected chi connectivity index (χ4v) is 2.19. The standard InChI is InChI=1S/C12H13NOS/c14-12(11-3-6-13-7-4-11)2-1-10-5-8-15-9-10/h3-9,12,14H,1-2H2. The zero-order chi connectivity index (χ0) is 10.5. The van der Waals surface area contributed by atoms with Crippen LogP contribution in [-0.2, 0) is 6.42 Å². The van der Waals surface area contributed by atoms with Crippen LogP contribution in [0, 0.1) is 0 Å². The van der Waals surface area contributed by atoms with Crippen LogP contribution >= 0.6 is 11.3 Å². The van der Waals surface area contributed by atoms with Crippen molar-refractivity contribution < 1.29 is 5.11 Å². The summed E-state index contributed by atoms with van der Waals surface area (Å²) in [5, 5.41) is 14.1. The fraction of sp³-hybridized carbons (Fsp3) is 0.250. The maximum absolute atomic E-state index is 9.89. The lowest BCUT2D eigenvalue weighted by atomic mass is 10.0. The highest BCUT2D eigenvalue weighted by Gasteiger charge is 2.06. The second-order valence-electron chi connectivity index (χ2n) is 3.47. The highest BCUT2D eigenvalue weighted by molar-refractivity contribution is 7.07. The molecule has 2 rings (SSSR count). The van der Waals surface area contributed by atoms with E-state index in [9.17, 15) is 5.11 Å². The van der Waals surface area contributed by atoms with Gasteiger partial charge in [-0.25, -0.2) is 0 Å². The van der Waals surface area contributed by atoms with Crippen LogP contribution in [0.3, 0.4) is 0 Å². The fourth-order valence-electron chi connectivity index (χ4n) is 1.49. The molecule has 0 aromatic carbocycles. The molecule has 2 nitrogen and oxygen atoms in total. The van der Waals surface area contributed by atoms with Crippen molar-refractivity contribution in [2.45, 2.75) is 18.9 Å². The number of aromatic nitrogens is 1. The van der Waals surface area contributed by atoms with Gasteiger partial charge in [0.1, 0.15) is 0 Å². The van der Waals surface area contributed by atoms with Crippen LogP contribution in [0.2, 0.25) is 0 Å². The molecule has 1 unspecified atom stereocenters. The van der Waals surface area contributed by atoms with Gasteiger partial charge in [0.2, 0.25) is 0 Å². The Morgan fingerprint density at radius 2 is 2.07 bits per heavy atom. The Balaban J connectivity index is 1.90. The summed E-state index contributed by atoms with van der Waals surface area (Å²) in [6, 6.07) is 5.82. The molecule has 0 aliphatic heterocycles. The molecule has 1 atom stereocenters. The molecule has 0 saturated heterocycles. The van der Waals surface area contributed by atoms with Gasteiger partial charge >= 0.3 is 0 Å². The van der Waals surface area contributed by atoms with Crippen molar-refractivity contribution in [2.75, 3.05) is 0 Å². The van der Waals surface area contributed by atoms with E-state index in [1.807, 2.05) is 12.1 Å². The van der Waals surface area contributed by atoms with E-state index in [2.05, 4.69) is 21.8 Å². The van der Waals surface area contributed by atoms with E-state index in [4.69, 9.17) is 0 Å². The first-order valence-electron chi connectivity index (χ1n) is 4.95. The normalized spacial score (nSPS) is 12.6. The molecule has 3 heteroatoms. The number of pyridine rings is 1. The summed E-state index contributed by atoms with van der Waals surface area (Å²) in [5.41, 5.74) is 2.24. The van der Waals surface area contributed by atoms with Crippen molar-refractivity contribution in [1.29, 1.82) is 0 Å². The highest BCUT2D eigenvalue weighted by Crippen LogP contribution is 2.19. The quantitative estimate of drug-likeness (QED) is 0.857. The van der Waals surface area contributed by atoms with Crippen LogP contribution in [-0.4, -0.2) is 10.1 Å². The van der Waals surface area contributed by atoms with E-state index in [1.54, 1.807) is 23.7 Å². The third-order valence-electron chi connectivity index (χ3n) is 2.38. The molecule has 0 amide bonds. The predicted octanol–water partition coefficient (Wildman–Crippen LogP) is 2.81. The van der Waals surface area contributed by atoms with Gasteiger partial charge in [-0.1, -0.05) is 0 Å². The molecule has 0 saturated carbocycles. The summed E-state index contributed by atoms with van der Waals surface area (Å²) in [4.78, 5) is 3.93. The number of hydrogen-bond acceptors (Lipinski definition) is 3. The number of aryl methyl sites for hydroxylation is 1. The van der Waals surface area contributed by atoms with Gasteiger partial charge in [-0.05, 0) is 52.9 Å². The van der Waals surface area contributed by atoms with Gasteiger partial charge in [0.15, 0.2) is 0 Å². The smallest absolute Gasteiger partial charge is 0.0794 e. The molecule has 0 spiro atoms. The number of aliphatic hydroxyl groups excluding tert-OH is 1. The molecule has 0 aliphatic rings. The lowest BCUT2D eigenvalue weighted by Gasteiger charge is -2.09. The molecule has 15 heavy (non-hydrogen) atoms. The van der Waals surface area contributed by atoms with Crippen molar-refractivity contribution in [2.24, 2.45) is 0 Å². The summed E-state index contributed by atoms with van der Waals surface area (Å²) in [6.45, 7) is 0. The number of aliphatic hydroxyl groups is 1. The van der Waals surface area contributed by atoms with Gasteiger partial charge in [-0.3, -0.25) is 4.98 Å². The first-order chi connectivity index (χ1) is 7.36. The van der Waals surface area contributed by atoms with E-state index in [-0.39, 0.29) is 6.10 Å². The molecule has 0 aliphatic carbocycles. The second-order valence-corrected chi connectivity index (χ2v) is 4.25. The molecule has 2 aromatic heterocycles. The second kappa shape index (κ2) is 5.05. The number of nitrogens with zero attached hydrogens (tertiary/aromatic N) is 1. The van der Waals surface area contributed by atoms with E-state index in [0.717, 1.165) is 18.4 Å². The third kappa shape index (κ3) is 2.88. The third-order valence-corrected chi connectivity index (χ3v) is 3.11. The van der Waals surface area contributed by atoms with Crippen LogP contribution in [0.5, 0.6) is 0 Å². The predicted molar refractivity (Wildman–Crippen MR) is 61.8 cm³/mol. The van der Waals surface area contributed by atoms with Gasteiger partial charge in [-0.15, -0.1) is 0 Å². The maximum Gasteiger partial charge on any atom is 0.0794 e. The Labute approximate surface area is 93.2 Å². The lowest BCUT2D eigenvalue weighted by molar-refractivity contribution is 0.168. The Kier molecular flexibility index (Phi) is 3.48. The number of rotatable bonds is 4. The summed E-state index contributed by atoms with van der Waals surface area (Å²) in [5.74, 6) is 0. The van der Waals surface area contributed by atoms with Crippen LogP contribution in [0.15, 0.2) is 41.4 Å². The van der Waals surface area contributed by atoms with Crippen LogP contribution in [0.1, 0.15) is 23.7 Å². The average Bonchev–Trinajstić information content (AvgIpc) is 2.80. The molecule has 78 valence electrons. The summed E-state index contributed by atoms with van der Waals surface area (Å²) in [6.07, 6.45) is 4.73. The van der Waals surface area contributed by atoms with E-state index in [1.165, 1.54) is 5.56 Å². The molecule has 0 radical (unpaired) electrons. The average molecular weight is 219 g/mol. The van der Waals surface area contributed by atoms with Gasteiger partial charge < -0.3 is 5.11 Å². The highest BCUT2D eigenvalue weighted by atomic mass is 32.1. The van der Waals surface area contributed by atoms with Crippen molar-refractivity contribution in [3.8, 4) is 0 Å². The Hall–Kier alpha value is -1.19. The minimum atomic E-state index is -0.382.